The summed E-state index contributed by atoms with van der Waals surface area (Å²) < 4.78 is 12.4. The van der Waals surface area contributed by atoms with Gasteiger partial charge in [-0.15, -0.1) is 0 Å². The van der Waals surface area contributed by atoms with E-state index in [0.29, 0.717) is 6.04 Å². The zero-order chi connectivity index (χ0) is 11.5. The van der Waals surface area contributed by atoms with Crippen LogP contribution in [0.15, 0.2) is 22.7 Å². The fourth-order valence-corrected chi connectivity index (χ4v) is 3.57. The maximum absolute atomic E-state index is 11.3. The van der Waals surface area contributed by atoms with E-state index in [2.05, 4.69) is 46.4 Å². The van der Waals surface area contributed by atoms with Crippen LogP contribution in [0.25, 0.3) is 0 Å². The summed E-state index contributed by atoms with van der Waals surface area (Å²) in [7, 11) is -0.578. The number of aryl methyl sites for hydroxylation is 1. The second kappa shape index (κ2) is 5.32. The molecule has 1 N–H and O–H groups in total. The van der Waals surface area contributed by atoms with Gasteiger partial charge in [-0.3, -0.25) is 4.21 Å². The first-order chi connectivity index (χ1) is 7.65. The second-order valence-electron chi connectivity index (χ2n) is 4.23. The summed E-state index contributed by atoms with van der Waals surface area (Å²) in [5, 5.41) is 3.55. The minimum Gasteiger partial charge on any atom is -0.382 e. The summed E-state index contributed by atoms with van der Waals surface area (Å²) in [5.41, 5.74) is 2.45. The molecule has 2 rings (SSSR count). The molecule has 1 aromatic rings. The van der Waals surface area contributed by atoms with Crippen molar-refractivity contribution >= 4 is 32.4 Å². The van der Waals surface area contributed by atoms with E-state index in [4.69, 9.17) is 0 Å². The Morgan fingerprint density at radius 2 is 2.06 bits per heavy atom. The van der Waals surface area contributed by atoms with Crippen LogP contribution in [-0.2, 0) is 10.8 Å². The van der Waals surface area contributed by atoms with Crippen molar-refractivity contribution in [2.24, 2.45) is 0 Å². The maximum Gasteiger partial charge on any atom is 0.0383 e. The third-order valence-corrected chi connectivity index (χ3v) is 4.82. The molecule has 0 spiro atoms. The molecule has 1 fully saturated rings. The molecule has 0 aliphatic carbocycles. The Bertz CT molecular complexity index is 398. The molecule has 4 heteroatoms. The normalized spacial score (nSPS) is 25.4. The largest absolute Gasteiger partial charge is 0.382 e. The van der Waals surface area contributed by atoms with Gasteiger partial charge in [0.15, 0.2) is 0 Å². The Kier molecular flexibility index (Phi) is 4.03. The molecule has 1 heterocycles. The van der Waals surface area contributed by atoms with E-state index >= 15 is 0 Å². The molecule has 0 unspecified atom stereocenters. The van der Waals surface area contributed by atoms with Crippen molar-refractivity contribution < 1.29 is 4.21 Å². The van der Waals surface area contributed by atoms with Crippen molar-refractivity contribution in [2.75, 3.05) is 16.8 Å². The van der Waals surface area contributed by atoms with Gasteiger partial charge in [0.05, 0.1) is 0 Å². The van der Waals surface area contributed by atoms with Crippen LogP contribution in [0, 0.1) is 6.92 Å². The molecule has 88 valence electrons. The predicted molar refractivity (Wildman–Crippen MR) is 73.4 cm³/mol. The summed E-state index contributed by atoms with van der Waals surface area (Å²) in [4.78, 5) is 0. The average molecular weight is 302 g/mol. The Morgan fingerprint density at radius 3 is 2.75 bits per heavy atom. The number of hydrogen-bond acceptors (Lipinski definition) is 2. The summed E-state index contributed by atoms with van der Waals surface area (Å²) in [6.45, 7) is 2.11. The molecular formula is C12H16BrNOS. The van der Waals surface area contributed by atoms with Crippen molar-refractivity contribution in [1.29, 1.82) is 0 Å². The van der Waals surface area contributed by atoms with E-state index in [9.17, 15) is 4.21 Å². The van der Waals surface area contributed by atoms with E-state index in [1.807, 2.05) is 0 Å². The highest BCUT2D eigenvalue weighted by Crippen LogP contribution is 2.23. The van der Waals surface area contributed by atoms with Gasteiger partial charge in [-0.25, -0.2) is 0 Å². The molecule has 2 nitrogen and oxygen atoms in total. The van der Waals surface area contributed by atoms with Crippen LogP contribution in [0.4, 0.5) is 5.69 Å². The molecule has 0 radical (unpaired) electrons. The van der Waals surface area contributed by atoms with Crippen molar-refractivity contribution in [3.63, 3.8) is 0 Å². The molecule has 0 aromatic heterocycles. The van der Waals surface area contributed by atoms with Gasteiger partial charge in [0, 0.05) is 38.5 Å². The predicted octanol–water partition coefficient (Wildman–Crippen LogP) is 3.08. The van der Waals surface area contributed by atoms with Crippen molar-refractivity contribution in [3.05, 3.63) is 28.2 Å². The molecule has 1 aliphatic heterocycles. The highest BCUT2D eigenvalue weighted by atomic mass is 79.9. The van der Waals surface area contributed by atoms with E-state index in [-0.39, 0.29) is 0 Å². The molecule has 16 heavy (non-hydrogen) atoms. The quantitative estimate of drug-likeness (QED) is 0.909. The average Bonchev–Trinajstić information content (AvgIpc) is 2.27. The standard InChI is InChI=1S/C12H16BrNOS/c1-9-2-3-10(13)8-12(9)14-11-4-6-16(15)7-5-11/h2-3,8,11,14H,4-7H2,1H3. The van der Waals surface area contributed by atoms with Crippen LogP contribution in [0.3, 0.4) is 0 Å². The first-order valence-electron chi connectivity index (χ1n) is 5.53. The lowest BCUT2D eigenvalue weighted by Crippen LogP contribution is -2.29. The van der Waals surface area contributed by atoms with Gasteiger partial charge >= 0.3 is 0 Å². The van der Waals surface area contributed by atoms with E-state index in [1.165, 1.54) is 11.3 Å². The number of anilines is 1. The van der Waals surface area contributed by atoms with E-state index < -0.39 is 10.8 Å². The van der Waals surface area contributed by atoms with Crippen LogP contribution in [0.5, 0.6) is 0 Å². The number of rotatable bonds is 2. The first-order valence-corrected chi connectivity index (χ1v) is 7.81. The fraction of sp³-hybridized carbons (Fsp3) is 0.500. The summed E-state index contributed by atoms with van der Waals surface area (Å²) >= 11 is 3.48. The van der Waals surface area contributed by atoms with Crippen LogP contribution in [0.2, 0.25) is 0 Å². The van der Waals surface area contributed by atoms with Gasteiger partial charge in [-0.05, 0) is 37.5 Å². The number of halogens is 1. The lowest BCUT2D eigenvalue weighted by atomic mass is 10.1. The van der Waals surface area contributed by atoms with Gasteiger partial charge in [0.2, 0.25) is 0 Å². The van der Waals surface area contributed by atoms with Gasteiger partial charge in [0.1, 0.15) is 0 Å². The second-order valence-corrected chi connectivity index (χ2v) is 6.84. The Balaban J connectivity index is 2.03. The molecule has 1 aromatic carbocycles. The van der Waals surface area contributed by atoms with Crippen LogP contribution >= 0.6 is 15.9 Å². The van der Waals surface area contributed by atoms with Gasteiger partial charge in [0.25, 0.3) is 0 Å². The smallest absolute Gasteiger partial charge is 0.0383 e. The molecule has 0 atom stereocenters. The monoisotopic (exact) mass is 301 g/mol. The maximum atomic E-state index is 11.3. The minimum atomic E-state index is -0.578. The van der Waals surface area contributed by atoms with Gasteiger partial charge < -0.3 is 5.32 Å². The highest BCUT2D eigenvalue weighted by molar-refractivity contribution is 9.10. The van der Waals surface area contributed by atoms with E-state index in [1.54, 1.807) is 0 Å². The third kappa shape index (κ3) is 3.08. The van der Waals surface area contributed by atoms with E-state index in [0.717, 1.165) is 28.8 Å². The van der Waals surface area contributed by atoms with Crippen LogP contribution < -0.4 is 5.32 Å². The zero-order valence-corrected chi connectivity index (χ0v) is 11.7. The molecule has 1 aliphatic rings. The first kappa shape index (κ1) is 12.1. The molecular weight excluding hydrogens is 286 g/mol. The van der Waals surface area contributed by atoms with Crippen molar-refractivity contribution in [1.82, 2.24) is 0 Å². The Hall–Kier alpha value is -0.350. The topological polar surface area (TPSA) is 29.1 Å². The minimum absolute atomic E-state index is 0.477. The van der Waals surface area contributed by atoms with Crippen molar-refractivity contribution in [3.8, 4) is 0 Å². The molecule has 0 amide bonds. The lowest BCUT2D eigenvalue weighted by Gasteiger charge is -2.24. The molecule has 1 saturated heterocycles. The van der Waals surface area contributed by atoms with Crippen molar-refractivity contribution in [2.45, 2.75) is 25.8 Å². The highest BCUT2D eigenvalue weighted by Gasteiger charge is 2.17. The van der Waals surface area contributed by atoms with Gasteiger partial charge in [-0.2, -0.15) is 0 Å². The summed E-state index contributed by atoms with van der Waals surface area (Å²) in [6.07, 6.45) is 2.02. The Morgan fingerprint density at radius 1 is 1.38 bits per heavy atom. The lowest BCUT2D eigenvalue weighted by molar-refractivity contribution is 0.624. The van der Waals surface area contributed by atoms with Gasteiger partial charge in [-0.1, -0.05) is 22.0 Å². The number of benzene rings is 1. The van der Waals surface area contributed by atoms with Crippen LogP contribution in [0.1, 0.15) is 18.4 Å². The third-order valence-electron chi connectivity index (χ3n) is 2.95. The molecule has 0 saturated carbocycles. The van der Waals surface area contributed by atoms with Crippen LogP contribution in [-0.4, -0.2) is 21.8 Å². The summed E-state index contributed by atoms with van der Waals surface area (Å²) in [5.74, 6) is 1.68. The molecule has 0 bridgehead atoms. The number of hydrogen-bond donors (Lipinski definition) is 1. The Labute approximate surface area is 107 Å². The number of nitrogens with one attached hydrogen (secondary N) is 1. The summed E-state index contributed by atoms with van der Waals surface area (Å²) in [6, 6.07) is 6.75. The zero-order valence-electron chi connectivity index (χ0n) is 9.33. The SMILES string of the molecule is Cc1ccc(Br)cc1NC1CCS(=O)CC1. The fourth-order valence-electron chi connectivity index (χ4n) is 1.91.